The van der Waals surface area contributed by atoms with Crippen molar-refractivity contribution in [1.29, 1.82) is 0 Å². The summed E-state index contributed by atoms with van der Waals surface area (Å²) >= 11 is 0. The van der Waals surface area contributed by atoms with E-state index in [4.69, 9.17) is 9.47 Å². The van der Waals surface area contributed by atoms with Gasteiger partial charge in [0.15, 0.2) is 0 Å². The van der Waals surface area contributed by atoms with Crippen molar-refractivity contribution >= 4 is 5.69 Å². The summed E-state index contributed by atoms with van der Waals surface area (Å²) in [5, 5.41) is 3.31. The highest BCUT2D eigenvalue weighted by Crippen LogP contribution is 2.12. The van der Waals surface area contributed by atoms with Gasteiger partial charge in [-0.3, -0.25) is 0 Å². The third-order valence-electron chi connectivity index (χ3n) is 2.89. The number of pyridine rings is 1. The highest BCUT2D eigenvalue weighted by Gasteiger charge is 2.01. The molecule has 0 atom stereocenters. The summed E-state index contributed by atoms with van der Waals surface area (Å²) in [7, 11) is 1.64. The summed E-state index contributed by atoms with van der Waals surface area (Å²) in [4.78, 5) is 8.37. The highest BCUT2D eigenvalue weighted by atomic mass is 16.5. The van der Waals surface area contributed by atoms with Gasteiger partial charge in [-0.25, -0.2) is 9.97 Å². The standard InChI is InChI=1S/C14H20N4O2/c1-3-18-11-15-9-13(18)10-16-12-4-5-14(17-8-12)20-7-6-19-2/h4-5,8-9,11,16H,3,6-7,10H2,1-2H3. The Morgan fingerprint density at radius 2 is 2.15 bits per heavy atom. The molecular formula is C14H20N4O2. The quantitative estimate of drug-likeness (QED) is 0.747. The van der Waals surface area contributed by atoms with Crippen molar-refractivity contribution in [2.75, 3.05) is 25.6 Å². The van der Waals surface area contributed by atoms with Gasteiger partial charge in [0.2, 0.25) is 5.88 Å². The van der Waals surface area contributed by atoms with Crippen LogP contribution in [-0.2, 0) is 17.8 Å². The molecule has 1 N–H and O–H groups in total. The van der Waals surface area contributed by atoms with Crippen LogP contribution in [-0.4, -0.2) is 34.9 Å². The zero-order valence-electron chi connectivity index (χ0n) is 11.9. The molecule has 6 nitrogen and oxygen atoms in total. The van der Waals surface area contributed by atoms with Gasteiger partial charge >= 0.3 is 0 Å². The molecule has 108 valence electrons. The maximum Gasteiger partial charge on any atom is 0.213 e. The lowest BCUT2D eigenvalue weighted by molar-refractivity contribution is 0.144. The van der Waals surface area contributed by atoms with E-state index in [1.54, 1.807) is 13.3 Å². The molecule has 2 aromatic rings. The van der Waals surface area contributed by atoms with Crippen molar-refractivity contribution in [3.8, 4) is 5.88 Å². The molecule has 0 aromatic carbocycles. The average molecular weight is 276 g/mol. The number of methoxy groups -OCH3 is 1. The summed E-state index contributed by atoms with van der Waals surface area (Å²) in [6, 6.07) is 3.79. The maximum atomic E-state index is 5.41. The number of ether oxygens (including phenoxy) is 2. The molecule has 20 heavy (non-hydrogen) atoms. The van der Waals surface area contributed by atoms with Crippen molar-refractivity contribution in [2.45, 2.75) is 20.0 Å². The number of nitrogens with zero attached hydrogens (tertiary/aromatic N) is 3. The number of nitrogens with one attached hydrogen (secondary N) is 1. The second kappa shape index (κ2) is 7.49. The molecule has 2 aromatic heterocycles. The molecule has 0 amide bonds. The summed E-state index contributed by atoms with van der Waals surface area (Å²) in [5.41, 5.74) is 2.10. The van der Waals surface area contributed by atoms with Crippen molar-refractivity contribution in [2.24, 2.45) is 0 Å². The number of aryl methyl sites for hydroxylation is 1. The zero-order valence-corrected chi connectivity index (χ0v) is 11.9. The van der Waals surface area contributed by atoms with Gasteiger partial charge in [-0.2, -0.15) is 0 Å². The Kier molecular flexibility index (Phi) is 5.37. The van der Waals surface area contributed by atoms with Gasteiger partial charge in [0.05, 0.1) is 37.1 Å². The van der Waals surface area contributed by atoms with E-state index in [0.717, 1.165) is 24.5 Å². The molecule has 0 aliphatic carbocycles. The Morgan fingerprint density at radius 3 is 2.85 bits per heavy atom. The maximum absolute atomic E-state index is 5.41. The molecule has 0 aliphatic heterocycles. The first-order valence-corrected chi connectivity index (χ1v) is 6.64. The molecule has 0 fully saturated rings. The van der Waals surface area contributed by atoms with E-state index in [0.29, 0.717) is 19.1 Å². The third-order valence-corrected chi connectivity index (χ3v) is 2.89. The van der Waals surface area contributed by atoms with Crippen LogP contribution in [0.4, 0.5) is 5.69 Å². The van der Waals surface area contributed by atoms with Gasteiger partial charge in [0, 0.05) is 25.9 Å². The fraction of sp³-hybridized carbons (Fsp3) is 0.429. The van der Waals surface area contributed by atoms with Gasteiger partial charge in [-0.1, -0.05) is 0 Å². The van der Waals surface area contributed by atoms with Gasteiger partial charge in [0.1, 0.15) is 6.61 Å². The smallest absolute Gasteiger partial charge is 0.213 e. The van der Waals surface area contributed by atoms with Crippen LogP contribution in [0.3, 0.4) is 0 Å². The lowest BCUT2D eigenvalue weighted by atomic mass is 10.4. The molecule has 0 saturated carbocycles. The van der Waals surface area contributed by atoms with E-state index < -0.39 is 0 Å². The summed E-state index contributed by atoms with van der Waals surface area (Å²) in [6.07, 6.45) is 5.46. The fourth-order valence-electron chi connectivity index (χ4n) is 1.77. The van der Waals surface area contributed by atoms with Crippen LogP contribution in [0.1, 0.15) is 12.6 Å². The highest BCUT2D eigenvalue weighted by molar-refractivity contribution is 5.42. The van der Waals surface area contributed by atoms with Crippen LogP contribution in [0, 0.1) is 0 Å². The van der Waals surface area contributed by atoms with Crippen LogP contribution in [0.15, 0.2) is 30.9 Å². The Balaban J connectivity index is 1.84. The molecule has 0 unspecified atom stereocenters. The predicted octanol–water partition coefficient (Wildman–Crippen LogP) is 1.94. The first-order chi connectivity index (χ1) is 9.83. The van der Waals surface area contributed by atoms with Crippen LogP contribution in [0.5, 0.6) is 5.88 Å². The molecular weight excluding hydrogens is 256 g/mol. The second-order valence-corrected chi connectivity index (χ2v) is 4.25. The van der Waals surface area contributed by atoms with Crippen LogP contribution < -0.4 is 10.1 Å². The molecule has 6 heteroatoms. The van der Waals surface area contributed by atoms with E-state index in [2.05, 4.69) is 26.8 Å². The Bertz CT molecular complexity index is 510. The van der Waals surface area contributed by atoms with Crippen molar-refractivity contribution in [3.05, 3.63) is 36.5 Å². The van der Waals surface area contributed by atoms with Crippen LogP contribution in [0.25, 0.3) is 0 Å². The normalized spacial score (nSPS) is 10.5. The number of rotatable bonds is 8. The fourth-order valence-corrected chi connectivity index (χ4v) is 1.77. The Hall–Kier alpha value is -2.08. The SMILES string of the molecule is CCn1cncc1CNc1ccc(OCCOC)nc1. The zero-order chi connectivity index (χ0) is 14.2. The van der Waals surface area contributed by atoms with Gasteiger partial charge in [0.25, 0.3) is 0 Å². The third kappa shape index (κ3) is 3.96. The monoisotopic (exact) mass is 276 g/mol. The van der Waals surface area contributed by atoms with E-state index in [1.165, 1.54) is 0 Å². The lowest BCUT2D eigenvalue weighted by Crippen LogP contribution is -2.07. The van der Waals surface area contributed by atoms with Crippen molar-refractivity contribution in [3.63, 3.8) is 0 Å². The summed E-state index contributed by atoms with van der Waals surface area (Å²) in [6.45, 7) is 4.80. The molecule has 2 rings (SSSR count). The minimum Gasteiger partial charge on any atom is -0.475 e. The first-order valence-electron chi connectivity index (χ1n) is 6.64. The van der Waals surface area contributed by atoms with Crippen molar-refractivity contribution < 1.29 is 9.47 Å². The Labute approximate surface area is 118 Å². The van der Waals surface area contributed by atoms with Crippen LogP contribution in [0.2, 0.25) is 0 Å². The predicted molar refractivity (Wildman–Crippen MR) is 76.8 cm³/mol. The number of aromatic nitrogens is 3. The van der Waals surface area contributed by atoms with E-state index in [9.17, 15) is 0 Å². The van der Waals surface area contributed by atoms with E-state index >= 15 is 0 Å². The van der Waals surface area contributed by atoms with Gasteiger partial charge < -0.3 is 19.4 Å². The van der Waals surface area contributed by atoms with Gasteiger partial charge in [-0.05, 0) is 13.0 Å². The molecule has 2 heterocycles. The first kappa shape index (κ1) is 14.3. The topological polar surface area (TPSA) is 61.2 Å². The number of hydrogen-bond donors (Lipinski definition) is 1. The lowest BCUT2D eigenvalue weighted by Gasteiger charge is -2.09. The molecule has 0 spiro atoms. The number of anilines is 1. The Morgan fingerprint density at radius 1 is 1.25 bits per heavy atom. The van der Waals surface area contributed by atoms with Crippen LogP contribution >= 0.6 is 0 Å². The average Bonchev–Trinajstić information content (AvgIpc) is 2.94. The van der Waals surface area contributed by atoms with E-state index in [1.807, 2.05) is 24.7 Å². The summed E-state index contributed by atoms with van der Waals surface area (Å²) < 4.78 is 12.4. The number of imidazole rings is 1. The number of hydrogen-bond acceptors (Lipinski definition) is 5. The second-order valence-electron chi connectivity index (χ2n) is 4.25. The summed E-state index contributed by atoms with van der Waals surface area (Å²) in [5.74, 6) is 0.603. The van der Waals surface area contributed by atoms with E-state index in [-0.39, 0.29) is 0 Å². The molecule has 0 bridgehead atoms. The largest absolute Gasteiger partial charge is 0.475 e. The minimum atomic E-state index is 0.506. The molecule has 0 aliphatic rings. The molecule has 0 saturated heterocycles. The molecule has 0 radical (unpaired) electrons. The van der Waals surface area contributed by atoms with Crippen molar-refractivity contribution in [1.82, 2.24) is 14.5 Å². The minimum absolute atomic E-state index is 0.506. The van der Waals surface area contributed by atoms with Gasteiger partial charge in [-0.15, -0.1) is 0 Å².